The number of likely N-dealkylation sites (tertiary alicyclic amines) is 1. The van der Waals surface area contributed by atoms with E-state index in [1.807, 2.05) is 0 Å². The van der Waals surface area contributed by atoms with Crippen LogP contribution in [0.2, 0.25) is 0 Å². The fourth-order valence-corrected chi connectivity index (χ4v) is 2.97. The average molecular weight is 240 g/mol. The number of hydrogen-bond donors (Lipinski definition) is 1. The van der Waals surface area contributed by atoms with Gasteiger partial charge in [0.1, 0.15) is 0 Å². The second-order valence-electron chi connectivity index (χ2n) is 5.52. The molecule has 2 fully saturated rings. The second kappa shape index (κ2) is 7.34. The Hall–Kier alpha value is -0.120. The number of nitrogens with zero attached hydrogens (tertiary/aromatic N) is 1. The Bertz CT molecular complexity index is 204. The molecule has 3 heteroatoms. The molecule has 17 heavy (non-hydrogen) atoms. The summed E-state index contributed by atoms with van der Waals surface area (Å²) in [6.45, 7) is 8.17. The minimum absolute atomic E-state index is 0.555. The van der Waals surface area contributed by atoms with Gasteiger partial charge in [-0.15, -0.1) is 0 Å². The van der Waals surface area contributed by atoms with E-state index < -0.39 is 0 Å². The molecule has 0 bridgehead atoms. The molecule has 3 nitrogen and oxygen atoms in total. The highest BCUT2D eigenvalue weighted by Gasteiger charge is 2.21. The van der Waals surface area contributed by atoms with Gasteiger partial charge in [0, 0.05) is 25.7 Å². The van der Waals surface area contributed by atoms with E-state index in [4.69, 9.17) is 4.74 Å². The van der Waals surface area contributed by atoms with E-state index in [0.717, 1.165) is 12.6 Å². The van der Waals surface area contributed by atoms with E-state index >= 15 is 0 Å². The molecule has 0 saturated carbocycles. The normalized spacial score (nSPS) is 30.9. The van der Waals surface area contributed by atoms with E-state index in [1.165, 1.54) is 64.7 Å². The second-order valence-corrected chi connectivity index (χ2v) is 5.52. The van der Waals surface area contributed by atoms with Crippen molar-refractivity contribution in [2.45, 2.75) is 57.6 Å². The zero-order chi connectivity index (χ0) is 11.9. The van der Waals surface area contributed by atoms with Gasteiger partial charge in [0.05, 0.1) is 6.10 Å². The number of nitrogens with one attached hydrogen (secondary N) is 1. The van der Waals surface area contributed by atoms with Gasteiger partial charge in [0.25, 0.3) is 0 Å². The van der Waals surface area contributed by atoms with Crippen LogP contribution in [0.3, 0.4) is 0 Å². The molecule has 2 unspecified atom stereocenters. The van der Waals surface area contributed by atoms with Gasteiger partial charge in [-0.05, 0) is 51.6 Å². The molecule has 2 aliphatic rings. The molecule has 0 spiro atoms. The predicted molar refractivity (Wildman–Crippen MR) is 71.3 cm³/mol. The van der Waals surface area contributed by atoms with Crippen molar-refractivity contribution in [3.05, 3.63) is 0 Å². The lowest BCUT2D eigenvalue weighted by atomic mass is 10.0. The molecule has 100 valence electrons. The summed E-state index contributed by atoms with van der Waals surface area (Å²) in [5.74, 6) is 0. The molecule has 2 saturated heterocycles. The minimum Gasteiger partial charge on any atom is -0.378 e. The highest BCUT2D eigenvalue weighted by molar-refractivity contribution is 4.79. The van der Waals surface area contributed by atoms with Gasteiger partial charge >= 0.3 is 0 Å². The van der Waals surface area contributed by atoms with E-state index in [1.54, 1.807) is 0 Å². The Morgan fingerprint density at radius 3 is 3.00 bits per heavy atom. The van der Waals surface area contributed by atoms with Crippen LogP contribution in [0.25, 0.3) is 0 Å². The zero-order valence-corrected chi connectivity index (χ0v) is 11.3. The van der Waals surface area contributed by atoms with Gasteiger partial charge in [-0.1, -0.05) is 6.92 Å². The molecule has 0 aliphatic carbocycles. The summed E-state index contributed by atoms with van der Waals surface area (Å²) in [6, 6.07) is 0.730. The highest BCUT2D eigenvalue weighted by atomic mass is 16.5. The summed E-state index contributed by atoms with van der Waals surface area (Å²) in [4.78, 5) is 2.62. The highest BCUT2D eigenvalue weighted by Crippen LogP contribution is 2.17. The van der Waals surface area contributed by atoms with Crippen molar-refractivity contribution in [1.29, 1.82) is 0 Å². The van der Waals surface area contributed by atoms with Gasteiger partial charge in [-0.2, -0.15) is 0 Å². The Balaban J connectivity index is 1.62. The molecule has 2 heterocycles. The van der Waals surface area contributed by atoms with Crippen LogP contribution in [-0.4, -0.2) is 49.8 Å². The molecular formula is C14H28N2O. The first-order valence-electron chi connectivity index (χ1n) is 7.46. The molecule has 0 amide bonds. The molecule has 0 aromatic rings. The number of rotatable bonds is 6. The summed E-state index contributed by atoms with van der Waals surface area (Å²) >= 11 is 0. The first-order chi connectivity index (χ1) is 8.38. The third kappa shape index (κ3) is 4.57. The van der Waals surface area contributed by atoms with Crippen molar-refractivity contribution in [3.8, 4) is 0 Å². The monoisotopic (exact) mass is 240 g/mol. The van der Waals surface area contributed by atoms with Crippen LogP contribution in [0.1, 0.15) is 45.4 Å². The van der Waals surface area contributed by atoms with Gasteiger partial charge in [0.2, 0.25) is 0 Å². The van der Waals surface area contributed by atoms with E-state index in [-0.39, 0.29) is 0 Å². The lowest BCUT2D eigenvalue weighted by Crippen LogP contribution is -2.46. The molecule has 1 N–H and O–H groups in total. The van der Waals surface area contributed by atoms with Crippen LogP contribution in [0.5, 0.6) is 0 Å². The largest absolute Gasteiger partial charge is 0.378 e. The smallest absolute Gasteiger partial charge is 0.0588 e. The first kappa shape index (κ1) is 13.3. The summed E-state index contributed by atoms with van der Waals surface area (Å²) in [7, 11) is 0. The minimum atomic E-state index is 0.555. The van der Waals surface area contributed by atoms with Crippen LogP contribution in [0.15, 0.2) is 0 Å². The number of piperidine rings is 1. The summed E-state index contributed by atoms with van der Waals surface area (Å²) in [5.41, 5.74) is 0. The van der Waals surface area contributed by atoms with Crippen LogP contribution in [-0.2, 0) is 4.74 Å². The van der Waals surface area contributed by atoms with Gasteiger partial charge in [0.15, 0.2) is 0 Å². The van der Waals surface area contributed by atoms with Crippen molar-refractivity contribution in [3.63, 3.8) is 0 Å². The molecule has 2 aliphatic heterocycles. The van der Waals surface area contributed by atoms with Crippen LogP contribution in [0, 0.1) is 0 Å². The molecule has 2 rings (SSSR count). The maximum absolute atomic E-state index is 5.69. The summed E-state index contributed by atoms with van der Waals surface area (Å²) in [5, 5.41) is 3.66. The third-order valence-corrected chi connectivity index (χ3v) is 3.98. The lowest BCUT2D eigenvalue weighted by Gasteiger charge is -2.33. The average Bonchev–Trinajstić information content (AvgIpc) is 2.87. The third-order valence-electron chi connectivity index (χ3n) is 3.98. The van der Waals surface area contributed by atoms with Crippen LogP contribution < -0.4 is 5.32 Å². The fraction of sp³-hybridized carbons (Fsp3) is 1.00. The van der Waals surface area contributed by atoms with Crippen molar-refractivity contribution < 1.29 is 4.74 Å². The maximum atomic E-state index is 5.69. The standard InChI is InChI=1S/C14H28N2O/c1-2-8-15-13-5-3-9-16(12-13)10-7-14-6-4-11-17-14/h13-15H,2-12H2,1H3. The Labute approximate surface area is 106 Å². The Kier molecular flexibility index (Phi) is 5.75. The topological polar surface area (TPSA) is 24.5 Å². The van der Waals surface area contributed by atoms with Gasteiger partial charge in [-0.3, -0.25) is 0 Å². The van der Waals surface area contributed by atoms with Gasteiger partial charge < -0.3 is 15.0 Å². The molecule has 0 radical (unpaired) electrons. The van der Waals surface area contributed by atoms with E-state index in [9.17, 15) is 0 Å². The zero-order valence-electron chi connectivity index (χ0n) is 11.3. The molecule has 0 aromatic heterocycles. The quantitative estimate of drug-likeness (QED) is 0.769. The Morgan fingerprint density at radius 2 is 2.24 bits per heavy atom. The SMILES string of the molecule is CCCNC1CCCN(CCC2CCCO2)C1. The number of hydrogen-bond acceptors (Lipinski definition) is 3. The summed E-state index contributed by atoms with van der Waals surface area (Å²) < 4.78 is 5.69. The van der Waals surface area contributed by atoms with Crippen LogP contribution in [0.4, 0.5) is 0 Å². The van der Waals surface area contributed by atoms with Gasteiger partial charge in [-0.25, -0.2) is 0 Å². The molecule has 2 atom stereocenters. The predicted octanol–water partition coefficient (Wildman–Crippen LogP) is 2.02. The lowest BCUT2D eigenvalue weighted by molar-refractivity contribution is 0.0857. The fourth-order valence-electron chi connectivity index (χ4n) is 2.97. The number of ether oxygens (including phenoxy) is 1. The van der Waals surface area contributed by atoms with Crippen molar-refractivity contribution >= 4 is 0 Å². The van der Waals surface area contributed by atoms with Crippen molar-refractivity contribution in [2.24, 2.45) is 0 Å². The molecular weight excluding hydrogens is 212 g/mol. The maximum Gasteiger partial charge on any atom is 0.0588 e. The van der Waals surface area contributed by atoms with Crippen LogP contribution >= 0.6 is 0 Å². The Morgan fingerprint density at radius 1 is 1.29 bits per heavy atom. The van der Waals surface area contributed by atoms with Crippen molar-refractivity contribution in [1.82, 2.24) is 10.2 Å². The summed E-state index contributed by atoms with van der Waals surface area (Å²) in [6.07, 6.45) is 8.30. The van der Waals surface area contributed by atoms with Crippen molar-refractivity contribution in [2.75, 3.05) is 32.8 Å². The van der Waals surface area contributed by atoms with E-state index in [0.29, 0.717) is 6.10 Å². The first-order valence-corrected chi connectivity index (χ1v) is 7.46. The van der Waals surface area contributed by atoms with E-state index in [2.05, 4.69) is 17.1 Å². The molecule has 0 aromatic carbocycles.